The van der Waals surface area contributed by atoms with Gasteiger partial charge in [-0.15, -0.1) is 0 Å². The number of nitrogens with zero attached hydrogens (tertiary/aromatic N) is 3. The van der Waals surface area contributed by atoms with Gasteiger partial charge in [-0.05, 0) is 48.2 Å². The van der Waals surface area contributed by atoms with E-state index in [9.17, 15) is 14.4 Å². The summed E-state index contributed by atoms with van der Waals surface area (Å²) >= 11 is 0. The van der Waals surface area contributed by atoms with Crippen molar-refractivity contribution >= 4 is 17.7 Å². The molecule has 0 spiro atoms. The molecule has 2 aromatic carbocycles. The zero-order valence-corrected chi connectivity index (χ0v) is 19.1. The van der Waals surface area contributed by atoms with Crippen LogP contribution in [-0.4, -0.2) is 65.1 Å². The molecule has 1 saturated heterocycles. The first-order valence-electron chi connectivity index (χ1n) is 11.3. The van der Waals surface area contributed by atoms with Gasteiger partial charge in [-0.1, -0.05) is 45.0 Å². The lowest BCUT2D eigenvalue weighted by Gasteiger charge is -2.36. The predicted octanol–water partition coefficient (Wildman–Crippen LogP) is 3.68. The molecule has 2 aliphatic rings. The summed E-state index contributed by atoms with van der Waals surface area (Å²) in [6, 6.07) is 14.1. The molecular weight excluding hydrogens is 402 g/mol. The molecule has 0 N–H and O–H groups in total. The van der Waals surface area contributed by atoms with E-state index >= 15 is 0 Å². The van der Waals surface area contributed by atoms with E-state index in [1.165, 1.54) is 4.90 Å². The fourth-order valence-corrected chi connectivity index (χ4v) is 4.17. The van der Waals surface area contributed by atoms with Crippen LogP contribution in [0.3, 0.4) is 0 Å². The first-order chi connectivity index (χ1) is 15.2. The SMILES string of the molecule is CC(C)(C)CCN1CCN(C(=O)c2ccc(CN3C(=O)c4ccccc4C3=O)cc2)CC1. The zero-order valence-electron chi connectivity index (χ0n) is 19.1. The standard InChI is InChI=1S/C26H31N3O3/c1-26(2,3)12-13-27-14-16-28(17-15-27)23(30)20-10-8-19(9-11-20)18-29-24(31)21-6-4-5-7-22(21)25(29)32/h4-11H,12-18H2,1-3H3. The maximum Gasteiger partial charge on any atom is 0.261 e. The van der Waals surface area contributed by atoms with Crippen LogP contribution in [0.1, 0.15) is 63.8 Å². The molecule has 6 heteroatoms. The molecule has 0 aromatic heterocycles. The molecule has 0 radical (unpaired) electrons. The van der Waals surface area contributed by atoms with Crippen molar-refractivity contribution in [3.63, 3.8) is 0 Å². The maximum atomic E-state index is 12.9. The highest BCUT2D eigenvalue weighted by molar-refractivity contribution is 6.21. The number of carbonyl (C=O) groups excluding carboxylic acids is 3. The van der Waals surface area contributed by atoms with Gasteiger partial charge in [0.1, 0.15) is 0 Å². The second-order valence-corrected chi connectivity index (χ2v) is 9.88. The maximum absolute atomic E-state index is 12.9. The van der Waals surface area contributed by atoms with Gasteiger partial charge < -0.3 is 4.90 Å². The van der Waals surface area contributed by atoms with E-state index in [-0.39, 0.29) is 24.3 Å². The number of piperazine rings is 1. The summed E-state index contributed by atoms with van der Waals surface area (Å²) in [5.41, 5.74) is 2.68. The Labute approximate surface area is 189 Å². The quantitative estimate of drug-likeness (QED) is 0.675. The molecule has 0 saturated carbocycles. The molecule has 2 aromatic rings. The lowest BCUT2D eigenvalue weighted by Crippen LogP contribution is -2.49. The highest BCUT2D eigenvalue weighted by Gasteiger charge is 2.35. The topological polar surface area (TPSA) is 60.9 Å². The number of fused-ring (bicyclic) bond motifs is 1. The molecular formula is C26H31N3O3. The van der Waals surface area contributed by atoms with Crippen molar-refractivity contribution in [1.82, 2.24) is 14.7 Å². The molecule has 0 aliphatic carbocycles. The Bertz CT molecular complexity index is 980. The summed E-state index contributed by atoms with van der Waals surface area (Å²) in [7, 11) is 0. The van der Waals surface area contributed by atoms with Crippen LogP contribution in [0.15, 0.2) is 48.5 Å². The number of rotatable bonds is 5. The first kappa shape index (κ1) is 22.2. The highest BCUT2D eigenvalue weighted by Crippen LogP contribution is 2.24. The van der Waals surface area contributed by atoms with Crippen LogP contribution < -0.4 is 0 Å². The van der Waals surface area contributed by atoms with Gasteiger partial charge in [-0.2, -0.15) is 0 Å². The molecule has 4 rings (SSSR count). The Morgan fingerprint density at radius 2 is 1.41 bits per heavy atom. The molecule has 0 atom stereocenters. The summed E-state index contributed by atoms with van der Waals surface area (Å²) in [6.07, 6.45) is 1.15. The third-order valence-corrected chi connectivity index (χ3v) is 6.26. The van der Waals surface area contributed by atoms with Gasteiger partial charge in [-0.3, -0.25) is 24.2 Å². The molecule has 1 fully saturated rings. The van der Waals surface area contributed by atoms with Crippen LogP contribution in [0.5, 0.6) is 0 Å². The van der Waals surface area contributed by atoms with Gasteiger partial charge >= 0.3 is 0 Å². The van der Waals surface area contributed by atoms with E-state index in [0.717, 1.165) is 44.7 Å². The summed E-state index contributed by atoms with van der Waals surface area (Å²) in [5.74, 6) is -0.502. The molecule has 3 amide bonds. The Hall–Kier alpha value is -2.99. The fourth-order valence-electron chi connectivity index (χ4n) is 4.17. The molecule has 2 aliphatic heterocycles. The summed E-state index contributed by atoms with van der Waals surface area (Å²) in [6.45, 7) is 11.3. The van der Waals surface area contributed by atoms with Crippen molar-refractivity contribution in [2.24, 2.45) is 5.41 Å². The summed E-state index contributed by atoms with van der Waals surface area (Å²) in [4.78, 5) is 43.6. The van der Waals surface area contributed by atoms with Gasteiger partial charge in [0.25, 0.3) is 17.7 Å². The van der Waals surface area contributed by atoms with Crippen molar-refractivity contribution in [2.45, 2.75) is 33.7 Å². The third-order valence-electron chi connectivity index (χ3n) is 6.26. The second-order valence-electron chi connectivity index (χ2n) is 9.88. The van der Waals surface area contributed by atoms with Gasteiger partial charge in [0, 0.05) is 31.7 Å². The average molecular weight is 434 g/mol. The van der Waals surface area contributed by atoms with Crippen molar-refractivity contribution < 1.29 is 14.4 Å². The minimum atomic E-state index is -0.268. The van der Waals surface area contributed by atoms with E-state index in [0.29, 0.717) is 22.1 Å². The van der Waals surface area contributed by atoms with Crippen LogP contribution in [-0.2, 0) is 6.54 Å². The number of benzene rings is 2. The summed E-state index contributed by atoms with van der Waals surface area (Å²) < 4.78 is 0. The minimum Gasteiger partial charge on any atom is -0.336 e. The molecule has 0 unspecified atom stereocenters. The van der Waals surface area contributed by atoms with Crippen molar-refractivity contribution in [2.75, 3.05) is 32.7 Å². The number of amides is 3. The lowest BCUT2D eigenvalue weighted by atomic mass is 9.92. The fraction of sp³-hybridized carbons (Fsp3) is 0.423. The van der Waals surface area contributed by atoms with Crippen molar-refractivity contribution in [3.05, 3.63) is 70.8 Å². The Morgan fingerprint density at radius 1 is 0.844 bits per heavy atom. The number of imide groups is 1. The van der Waals surface area contributed by atoms with Crippen molar-refractivity contribution in [3.8, 4) is 0 Å². The van der Waals surface area contributed by atoms with Crippen LogP contribution in [0.2, 0.25) is 0 Å². The number of carbonyl (C=O) groups is 3. The van der Waals surface area contributed by atoms with Crippen LogP contribution in [0.25, 0.3) is 0 Å². The number of hydrogen-bond donors (Lipinski definition) is 0. The first-order valence-corrected chi connectivity index (χ1v) is 11.3. The lowest BCUT2D eigenvalue weighted by molar-refractivity contribution is 0.0618. The van der Waals surface area contributed by atoms with Crippen molar-refractivity contribution in [1.29, 1.82) is 0 Å². The normalized spacial score (nSPS) is 17.1. The largest absolute Gasteiger partial charge is 0.336 e. The Kier molecular flexibility index (Phi) is 6.15. The third kappa shape index (κ3) is 4.75. The van der Waals surface area contributed by atoms with Gasteiger partial charge in [0.15, 0.2) is 0 Å². The van der Waals surface area contributed by atoms with E-state index < -0.39 is 0 Å². The van der Waals surface area contributed by atoms with E-state index in [1.54, 1.807) is 36.4 Å². The number of hydrogen-bond acceptors (Lipinski definition) is 4. The van der Waals surface area contributed by atoms with Crippen LogP contribution in [0, 0.1) is 5.41 Å². The van der Waals surface area contributed by atoms with Gasteiger partial charge in [0.2, 0.25) is 0 Å². The van der Waals surface area contributed by atoms with Crippen LogP contribution >= 0.6 is 0 Å². The van der Waals surface area contributed by atoms with Gasteiger partial charge in [0.05, 0.1) is 17.7 Å². The monoisotopic (exact) mass is 433 g/mol. The smallest absolute Gasteiger partial charge is 0.261 e. The Morgan fingerprint density at radius 3 is 1.94 bits per heavy atom. The summed E-state index contributed by atoms with van der Waals surface area (Å²) in [5, 5.41) is 0. The van der Waals surface area contributed by atoms with E-state index in [4.69, 9.17) is 0 Å². The Balaban J connectivity index is 1.33. The molecule has 6 nitrogen and oxygen atoms in total. The second kappa shape index (κ2) is 8.87. The average Bonchev–Trinajstić information content (AvgIpc) is 3.03. The van der Waals surface area contributed by atoms with E-state index in [1.807, 2.05) is 17.0 Å². The molecule has 32 heavy (non-hydrogen) atoms. The van der Waals surface area contributed by atoms with E-state index in [2.05, 4.69) is 25.7 Å². The molecule has 168 valence electrons. The zero-order chi connectivity index (χ0) is 22.9. The minimum absolute atomic E-state index is 0.0350. The van der Waals surface area contributed by atoms with Crippen LogP contribution in [0.4, 0.5) is 0 Å². The molecule has 0 bridgehead atoms. The highest BCUT2D eigenvalue weighted by atomic mass is 16.2. The predicted molar refractivity (Wildman–Crippen MR) is 124 cm³/mol. The molecule has 2 heterocycles. The van der Waals surface area contributed by atoms with Gasteiger partial charge in [-0.25, -0.2) is 0 Å².